The van der Waals surface area contributed by atoms with E-state index < -0.39 is 17.6 Å². The third-order valence-corrected chi connectivity index (χ3v) is 8.41. The Bertz CT molecular complexity index is 1890. The van der Waals surface area contributed by atoms with Crippen LogP contribution >= 0.6 is 0 Å². The van der Waals surface area contributed by atoms with E-state index in [1.54, 1.807) is 24.4 Å². The van der Waals surface area contributed by atoms with Crippen LogP contribution in [0.1, 0.15) is 39.0 Å². The Morgan fingerprint density at radius 3 is 2.43 bits per heavy atom. The molecule has 0 N–H and O–H groups in total. The van der Waals surface area contributed by atoms with Crippen LogP contribution < -0.4 is 9.64 Å². The van der Waals surface area contributed by atoms with Gasteiger partial charge in [-0.1, -0.05) is 6.07 Å². The van der Waals surface area contributed by atoms with E-state index in [9.17, 15) is 22.8 Å². The Balaban J connectivity index is 1.10. The molecule has 0 saturated carbocycles. The number of aromatic nitrogens is 3. The summed E-state index contributed by atoms with van der Waals surface area (Å²) in [4.78, 5) is 40.8. The van der Waals surface area contributed by atoms with Gasteiger partial charge in [-0.25, -0.2) is 4.98 Å². The molecule has 1 aliphatic heterocycles. The van der Waals surface area contributed by atoms with Gasteiger partial charge in [0.25, 0.3) is 11.8 Å². The van der Waals surface area contributed by atoms with Crippen molar-refractivity contribution in [3.63, 3.8) is 0 Å². The number of carbonyl (C=O) groups is 2. The number of piperazine rings is 1. The van der Waals surface area contributed by atoms with E-state index in [0.717, 1.165) is 60.5 Å². The molecule has 3 aromatic heterocycles. The molecule has 1 unspecified atom stereocenters. The van der Waals surface area contributed by atoms with Gasteiger partial charge in [-0.2, -0.15) is 13.2 Å². The van der Waals surface area contributed by atoms with E-state index in [-0.39, 0.29) is 23.4 Å². The summed E-state index contributed by atoms with van der Waals surface area (Å²) < 4.78 is 46.5. The normalized spacial score (nSPS) is 15.5. The molecule has 1 aliphatic rings. The predicted molar refractivity (Wildman–Crippen MR) is 171 cm³/mol. The van der Waals surface area contributed by atoms with Crippen molar-refractivity contribution in [2.24, 2.45) is 7.05 Å². The zero-order valence-corrected chi connectivity index (χ0v) is 26.1. The van der Waals surface area contributed by atoms with Crippen molar-refractivity contribution in [3.05, 3.63) is 114 Å². The van der Waals surface area contributed by atoms with Crippen molar-refractivity contribution in [1.82, 2.24) is 24.3 Å². The second-order valence-corrected chi connectivity index (χ2v) is 11.6. The largest absolute Gasteiger partial charge is 0.439 e. The molecule has 6 rings (SSSR count). The summed E-state index contributed by atoms with van der Waals surface area (Å²) in [5, 5.41) is 0.841. The Morgan fingerprint density at radius 2 is 1.77 bits per heavy atom. The molecule has 9 nitrogen and oxygen atoms in total. The standard InChI is InChI=1S/C35H33F3N6O3/c1-23-21-43(22-27-6-4-5-15-39-27)16-17-44(23)34(46)31-19-25-18-29(12-13-30(25)42(31)3)47-32-14-11-28(20-40-32)41(2)33(45)24-7-9-26(10-8-24)35(36,37)38/h4-15,18-20,23H,16-17,21-22H2,1-3H3. The summed E-state index contributed by atoms with van der Waals surface area (Å²) in [6, 6.07) is 20.6. The second kappa shape index (κ2) is 12.9. The van der Waals surface area contributed by atoms with Gasteiger partial charge >= 0.3 is 6.18 Å². The first-order valence-corrected chi connectivity index (χ1v) is 15.1. The van der Waals surface area contributed by atoms with E-state index in [4.69, 9.17) is 4.74 Å². The van der Waals surface area contributed by atoms with E-state index >= 15 is 0 Å². The lowest BCUT2D eigenvalue weighted by Crippen LogP contribution is -2.53. The van der Waals surface area contributed by atoms with Gasteiger partial charge in [0.15, 0.2) is 0 Å². The number of rotatable bonds is 7. The number of pyridine rings is 2. The highest BCUT2D eigenvalue weighted by Gasteiger charge is 2.31. The van der Waals surface area contributed by atoms with Gasteiger partial charge in [0.1, 0.15) is 11.4 Å². The highest BCUT2D eigenvalue weighted by molar-refractivity contribution is 6.05. The molecule has 5 aromatic rings. The zero-order valence-electron chi connectivity index (χ0n) is 26.1. The zero-order chi connectivity index (χ0) is 33.3. The molecular weight excluding hydrogens is 609 g/mol. The molecule has 1 saturated heterocycles. The van der Waals surface area contributed by atoms with Gasteiger partial charge in [-0.15, -0.1) is 0 Å². The highest BCUT2D eigenvalue weighted by Crippen LogP contribution is 2.31. The van der Waals surface area contributed by atoms with Crippen LogP contribution in [-0.2, 0) is 19.8 Å². The SMILES string of the molecule is CC1CN(Cc2ccccn2)CCN1C(=O)c1cc2cc(Oc3ccc(N(C)C(=O)c4ccc(C(F)(F)F)cc4)cn3)ccc2n1C. The molecule has 2 aromatic carbocycles. The molecular formula is C35H33F3N6O3. The number of nitrogens with zero attached hydrogens (tertiary/aromatic N) is 6. The number of anilines is 1. The number of alkyl halides is 3. The van der Waals surface area contributed by atoms with Gasteiger partial charge in [0.2, 0.25) is 5.88 Å². The number of hydrogen-bond acceptors (Lipinski definition) is 6. The predicted octanol–water partition coefficient (Wildman–Crippen LogP) is 6.40. The van der Waals surface area contributed by atoms with Crippen molar-refractivity contribution in [2.45, 2.75) is 25.7 Å². The Kier molecular flexibility index (Phi) is 8.69. The lowest BCUT2D eigenvalue weighted by atomic mass is 10.1. The highest BCUT2D eigenvalue weighted by atomic mass is 19.4. The third kappa shape index (κ3) is 6.82. The number of hydrogen-bond donors (Lipinski definition) is 0. The fourth-order valence-electron chi connectivity index (χ4n) is 5.81. The van der Waals surface area contributed by atoms with Crippen LogP contribution in [-0.4, -0.2) is 68.9 Å². The molecule has 2 amide bonds. The number of aryl methyl sites for hydroxylation is 1. The summed E-state index contributed by atoms with van der Waals surface area (Å²) in [5.74, 6) is 0.305. The monoisotopic (exact) mass is 642 g/mol. The molecule has 0 radical (unpaired) electrons. The number of carbonyl (C=O) groups excluding carboxylic acids is 2. The van der Waals surface area contributed by atoms with Crippen LogP contribution in [0.15, 0.2) is 91.3 Å². The number of halogens is 3. The minimum absolute atomic E-state index is 0.0247. The van der Waals surface area contributed by atoms with Gasteiger partial charge < -0.3 is 19.1 Å². The molecule has 242 valence electrons. The first-order valence-electron chi connectivity index (χ1n) is 15.1. The Labute approximate surface area is 269 Å². The molecule has 1 atom stereocenters. The number of benzene rings is 2. The fourth-order valence-corrected chi connectivity index (χ4v) is 5.81. The smallest absolute Gasteiger partial charge is 0.416 e. The molecule has 12 heteroatoms. The van der Waals surface area contributed by atoms with E-state index in [1.165, 1.54) is 18.1 Å². The summed E-state index contributed by atoms with van der Waals surface area (Å²) in [6.45, 7) is 4.96. The Morgan fingerprint density at radius 1 is 0.979 bits per heavy atom. The molecule has 1 fully saturated rings. The van der Waals surface area contributed by atoms with Crippen LogP contribution in [0.3, 0.4) is 0 Å². The maximum Gasteiger partial charge on any atom is 0.416 e. The van der Waals surface area contributed by atoms with Gasteiger partial charge in [0, 0.05) is 75.0 Å². The molecule has 0 aliphatic carbocycles. The van der Waals surface area contributed by atoms with E-state index in [2.05, 4.69) is 21.8 Å². The van der Waals surface area contributed by atoms with Gasteiger partial charge in [0.05, 0.1) is 23.1 Å². The van der Waals surface area contributed by atoms with E-state index in [0.29, 0.717) is 23.7 Å². The van der Waals surface area contributed by atoms with Crippen LogP contribution in [0.5, 0.6) is 11.6 Å². The molecule has 47 heavy (non-hydrogen) atoms. The summed E-state index contributed by atoms with van der Waals surface area (Å²) >= 11 is 0. The van der Waals surface area contributed by atoms with Crippen molar-refractivity contribution in [2.75, 3.05) is 31.6 Å². The number of fused-ring (bicyclic) bond motifs is 1. The number of amides is 2. The fraction of sp³-hybridized carbons (Fsp3) is 0.257. The van der Waals surface area contributed by atoms with Crippen molar-refractivity contribution >= 4 is 28.4 Å². The van der Waals surface area contributed by atoms with Crippen molar-refractivity contribution < 1.29 is 27.5 Å². The first kappa shape index (κ1) is 31.7. The van der Waals surface area contributed by atoms with Crippen LogP contribution in [0.2, 0.25) is 0 Å². The molecule has 0 bridgehead atoms. The second-order valence-electron chi connectivity index (χ2n) is 11.6. The minimum atomic E-state index is -4.48. The van der Waals surface area contributed by atoms with Crippen molar-refractivity contribution in [3.8, 4) is 11.6 Å². The maximum atomic E-state index is 13.7. The van der Waals surface area contributed by atoms with Crippen LogP contribution in [0.4, 0.5) is 18.9 Å². The Hall–Kier alpha value is -5.23. The van der Waals surface area contributed by atoms with E-state index in [1.807, 2.05) is 52.9 Å². The quantitative estimate of drug-likeness (QED) is 0.204. The van der Waals surface area contributed by atoms with Gasteiger partial charge in [-0.3, -0.25) is 19.5 Å². The maximum absolute atomic E-state index is 13.7. The average molecular weight is 643 g/mol. The minimum Gasteiger partial charge on any atom is -0.439 e. The first-order chi connectivity index (χ1) is 22.5. The summed E-state index contributed by atoms with van der Waals surface area (Å²) in [5.41, 5.74) is 2.22. The van der Waals surface area contributed by atoms with Crippen LogP contribution in [0, 0.1) is 0 Å². The van der Waals surface area contributed by atoms with Crippen LogP contribution in [0.25, 0.3) is 10.9 Å². The molecule has 4 heterocycles. The number of ether oxygens (including phenoxy) is 1. The topological polar surface area (TPSA) is 83.8 Å². The van der Waals surface area contributed by atoms with Crippen molar-refractivity contribution in [1.29, 1.82) is 0 Å². The molecule has 0 spiro atoms. The summed E-state index contributed by atoms with van der Waals surface area (Å²) in [6.07, 6.45) is -1.23. The third-order valence-electron chi connectivity index (χ3n) is 8.41. The lowest BCUT2D eigenvalue weighted by molar-refractivity contribution is -0.137. The lowest BCUT2D eigenvalue weighted by Gasteiger charge is -2.39. The average Bonchev–Trinajstić information content (AvgIpc) is 3.39. The summed E-state index contributed by atoms with van der Waals surface area (Å²) in [7, 11) is 3.39. The van der Waals surface area contributed by atoms with Gasteiger partial charge in [-0.05, 0) is 73.7 Å².